The first-order valence-corrected chi connectivity index (χ1v) is 9.59. The number of halogens is 1. The van der Waals surface area contributed by atoms with E-state index >= 15 is 0 Å². The normalized spacial score (nSPS) is 11.2. The molecule has 0 unspecified atom stereocenters. The van der Waals surface area contributed by atoms with Crippen molar-refractivity contribution >= 4 is 15.9 Å². The van der Waals surface area contributed by atoms with E-state index in [-0.39, 0.29) is 16.0 Å². The van der Waals surface area contributed by atoms with Crippen molar-refractivity contribution < 1.29 is 17.6 Å². The lowest BCUT2D eigenvalue weighted by atomic mass is 9.99. The molecule has 0 saturated heterocycles. The minimum absolute atomic E-state index is 0.0139. The van der Waals surface area contributed by atoms with Crippen molar-refractivity contribution in [3.63, 3.8) is 0 Å². The van der Waals surface area contributed by atoms with Crippen LogP contribution in [0.3, 0.4) is 0 Å². The van der Waals surface area contributed by atoms with Gasteiger partial charge in [0, 0.05) is 0 Å². The van der Waals surface area contributed by atoms with Gasteiger partial charge in [-0.2, -0.15) is 0 Å². The highest BCUT2D eigenvalue weighted by atomic mass is 32.2. The van der Waals surface area contributed by atoms with Gasteiger partial charge in [0.05, 0.1) is 10.5 Å². The van der Waals surface area contributed by atoms with Gasteiger partial charge in [0.1, 0.15) is 5.82 Å². The molecule has 138 valence electrons. The fourth-order valence-corrected chi connectivity index (χ4v) is 3.43. The van der Waals surface area contributed by atoms with Gasteiger partial charge in [-0.25, -0.2) is 12.8 Å². The molecule has 27 heavy (non-hydrogen) atoms. The van der Waals surface area contributed by atoms with Crippen molar-refractivity contribution in [3.8, 4) is 11.1 Å². The molecular formula is C20H17FN2O3S. The number of hydrogen-bond donors (Lipinski definition) is 2. The Labute approximate surface area is 156 Å². The average Bonchev–Trinajstić information content (AvgIpc) is 2.69. The second kappa shape index (κ2) is 7.69. The van der Waals surface area contributed by atoms with Gasteiger partial charge < -0.3 is 0 Å². The maximum Gasteiger partial charge on any atom is 0.269 e. The second-order valence-electron chi connectivity index (χ2n) is 5.89. The fourth-order valence-electron chi connectivity index (χ4n) is 2.57. The van der Waals surface area contributed by atoms with Crippen LogP contribution in [0.25, 0.3) is 11.1 Å². The third-order valence-electron chi connectivity index (χ3n) is 3.96. The molecule has 0 bridgehead atoms. The van der Waals surface area contributed by atoms with E-state index in [0.717, 1.165) is 5.56 Å². The summed E-state index contributed by atoms with van der Waals surface area (Å²) < 4.78 is 38.8. The Morgan fingerprint density at radius 3 is 2.11 bits per heavy atom. The second-order valence-corrected chi connectivity index (χ2v) is 7.58. The monoisotopic (exact) mass is 384 g/mol. The molecule has 2 N–H and O–H groups in total. The maximum absolute atomic E-state index is 14.5. The zero-order chi connectivity index (χ0) is 19.4. The lowest BCUT2D eigenvalue weighted by molar-refractivity contribution is 0.0941. The van der Waals surface area contributed by atoms with E-state index in [4.69, 9.17) is 0 Å². The van der Waals surface area contributed by atoms with Gasteiger partial charge in [0.25, 0.3) is 15.9 Å². The summed E-state index contributed by atoms with van der Waals surface area (Å²) in [5.74, 6) is -1.58. The molecule has 0 atom stereocenters. The first-order valence-electron chi connectivity index (χ1n) is 8.11. The highest BCUT2D eigenvalue weighted by Gasteiger charge is 2.19. The van der Waals surface area contributed by atoms with Gasteiger partial charge in [0.15, 0.2) is 0 Å². The summed E-state index contributed by atoms with van der Waals surface area (Å²) in [7, 11) is -3.95. The molecular weight excluding hydrogens is 367 g/mol. The van der Waals surface area contributed by atoms with E-state index < -0.39 is 21.7 Å². The van der Waals surface area contributed by atoms with Crippen molar-refractivity contribution in [3.05, 3.63) is 89.7 Å². The van der Waals surface area contributed by atoms with Crippen LogP contribution in [0.1, 0.15) is 15.9 Å². The third-order valence-corrected chi connectivity index (χ3v) is 5.22. The zero-order valence-corrected chi connectivity index (χ0v) is 15.3. The molecule has 0 aliphatic heterocycles. The Hall–Kier alpha value is -3.03. The molecule has 0 spiro atoms. The molecule has 3 aromatic rings. The highest BCUT2D eigenvalue weighted by Crippen LogP contribution is 2.24. The van der Waals surface area contributed by atoms with Gasteiger partial charge in [-0.3, -0.25) is 10.2 Å². The Bertz CT molecular complexity index is 1070. The number of sulfonamides is 1. The smallest absolute Gasteiger partial charge is 0.269 e. The molecule has 1 amide bonds. The number of aryl methyl sites for hydroxylation is 1. The van der Waals surface area contributed by atoms with Gasteiger partial charge in [-0.1, -0.05) is 48.5 Å². The van der Waals surface area contributed by atoms with Crippen LogP contribution in [-0.4, -0.2) is 14.3 Å². The van der Waals surface area contributed by atoms with Gasteiger partial charge >= 0.3 is 0 Å². The molecule has 0 heterocycles. The molecule has 0 aliphatic carbocycles. The van der Waals surface area contributed by atoms with Crippen LogP contribution >= 0.6 is 0 Å². The van der Waals surface area contributed by atoms with Crippen LogP contribution in [-0.2, 0) is 10.0 Å². The standard InChI is InChI=1S/C20H17FN2O3S/c1-14-12-16(15-8-4-2-5-9-15)13-18(19(14)21)20(24)22-23-27(25,26)17-10-6-3-7-11-17/h2-13,23H,1H3,(H,22,24). The number of hydrazine groups is 1. The first-order chi connectivity index (χ1) is 12.9. The lowest BCUT2D eigenvalue weighted by Crippen LogP contribution is -2.41. The number of hydrogen-bond acceptors (Lipinski definition) is 3. The van der Waals surface area contributed by atoms with Gasteiger partial charge in [0.2, 0.25) is 0 Å². The van der Waals surface area contributed by atoms with Crippen LogP contribution in [0, 0.1) is 12.7 Å². The molecule has 0 saturated carbocycles. The zero-order valence-electron chi connectivity index (χ0n) is 14.4. The summed E-state index contributed by atoms with van der Waals surface area (Å²) in [6, 6.07) is 19.8. The molecule has 0 fully saturated rings. The fraction of sp³-hybridized carbons (Fsp3) is 0.0500. The minimum Gasteiger partial charge on any atom is -0.273 e. The van der Waals surface area contributed by atoms with Crippen LogP contribution in [0.4, 0.5) is 4.39 Å². The van der Waals surface area contributed by atoms with E-state index in [0.29, 0.717) is 5.56 Å². The summed E-state index contributed by atoms with van der Waals surface area (Å²) in [4.78, 5) is 14.4. The molecule has 0 aromatic heterocycles. The van der Waals surface area contributed by atoms with Crippen LogP contribution < -0.4 is 10.3 Å². The van der Waals surface area contributed by atoms with Crippen molar-refractivity contribution in [1.29, 1.82) is 0 Å². The van der Waals surface area contributed by atoms with E-state index in [1.807, 2.05) is 35.2 Å². The van der Waals surface area contributed by atoms with E-state index in [2.05, 4.69) is 5.43 Å². The Kier molecular flexibility index (Phi) is 5.34. The molecule has 3 rings (SSSR count). The molecule has 5 nitrogen and oxygen atoms in total. The molecule has 3 aromatic carbocycles. The average molecular weight is 384 g/mol. The summed E-state index contributed by atoms with van der Waals surface area (Å²) in [5, 5.41) is 0. The Morgan fingerprint density at radius 2 is 1.48 bits per heavy atom. The highest BCUT2D eigenvalue weighted by molar-refractivity contribution is 7.89. The van der Waals surface area contributed by atoms with Gasteiger partial charge in [-0.15, -0.1) is 4.83 Å². The summed E-state index contributed by atoms with van der Waals surface area (Å²) in [5.41, 5.74) is 3.58. The van der Waals surface area contributed by atoms with E-state index in [1.54, 1.807) is 31.2 Å². The third kappa shape index (κ3) is 4.21. The van der Waals surface area contributed by atoms with E-state index in [9.17, 15) is 17.6 Å². The predicted octanol–water partition coefficient (Wildman–Crippen LogP) is 3.42. The predicted molar refractivity (Wildman–Crippen MR) is 101 cm³/mol. The molecule has 0 radical (unpaired) electrons. The number of benzene rings is 3. The quantitative estimate of drug-likeness (QED) is 0.662. The van der Waals surface area contributed by atoms with Crippen LogP contribution in [0.2, 0.25) is 0 Å². The van der Waals surface area contributed by atoms with Crippen LogP contribution in [0.15, 0.2) is 77.7 Å². The topological polar surface area (TPSA) is 75.3 Å². The molecule has 0 aliphatic rings. The van der Waals surface area contributed by atoms with Crippen molar-refractivity contribution in [2.75, 3.05) is 0 Å². The maximum atomic E-state index is 14.5. The summed E-state index contributed by atoms with van der Waals surface area (Å²) >= 11 is 0. The Balaban J connectivity index is 1.86. The van der Waals surface area contributed by atoms with Gasteiger partial charge in [-0.05, 0) is 47.9 Å². The number of carbonyl (C=O) groups excluding carboxylic acids is 1. The summed E-state index contributed by atoms with van der Waals surface area (Å²) in [6.45, 7) is 1.55. The largest absolute Gasteiger partial charge is 0.273 e. The number of nitrogens with one attached hydrogen (secondary N) is 2. The first kappa shape index (κ1) is 18.8. The Morgan fingerprint density at radius 1 is 0.889 bits per heavy atom. The van der Waals surface area contributed by atoms with E-state index in [1.165, 1.54) is 18.2 Å². The number of carbonyl (C=O) groups is 1. The SMILES string of the molecule is Cc1cc(-c2ccccc2)cc(C(=O)NNS(=O)(=O)c2ccccc2)c1F. The van der Waals surface area contributed by atoms with Crippen LogP contribution in [0.5, 0.6) is 0 Å². The lowest BCUT2D eigenvalue weighted by Gasteiger charge is -2.12. The molecule has 7 heteroatoms. The van der Waals surface area contributed by atoms with Crippen molar-refractivity contribution in [2.24, 2.45) is 0 Å². The summed E-state index contributed by atoms with van der Waals surface area (Å²) in [6.07, 6.45) is 0. The number of amides is 1. The van der Waals surface area contributed by atoms with Crippen molar-refractivity contribution in [2.45, 2.75) is 11.8 Å². The minimum atomic E-state index is -3.95. The van der Waals surface area contributed by atoms with Crippen molar-refractivity contribution in [1.82, 2.24) is 10.3 Å². The number of rotatable bonds is 5.